The number of anilines is 1. The first-order valence-electron chi connectivity index (χ1n) is 7.14. The summed E-state index contributed by atoms with van der Waals surface area (Å²) in [5.74, 6) is 0.0133. The second-order valence-corrected chi connectivity index (χ2v) is 7.70. The summed E-state index contributed by atoms with van der Waals surface area (Å²) in [4.78, 5) is 12.2. The molecule has 0 fully saturated rings. The fraction of sp³-hybridized carbons (Fsp3) is 0.400. The highest BCUT2D eigenvalue weighted by Gasteiger charge is 2.18. The number of carbonyl (C=O) groups is 1. The van der Waals surface area contributed by atoms with Crippen LogP contribution in [0.2, 0.25) is 0 Å². The van der Waals surface area contributed by atoms with Crippen LogP contribution in [0.3, 0.4) is 0 Å². The number of thioether (sulfide) groups is 1. The van der Waals surface area contributed by atoms with Crippen LogP contribution in [0.4, 0.5) is 5.13 Å². The predicted octanol–water partition coefficient (Wildman–Crippen LogP) is 2.74. The van der Waals surface area contributed by atoms with E-state index in [1.54, 1.807) is 0 Å². The minimum atomic E-state index is -0.216. The lowest BCUT2D eigenvalue weighted by Crippen LogP contribution is -2.37. The van der Waals surface area contributed by atoms with Crippen LogP contribution in [-0.2, 0) is 11.2 Å². The molecule has 2 rings (SSSR count). The number of rotatable bonds is 7. The fourth-order valence-electron chi connectivity index (χ4n) is 1.93. The summed E-state index contributed by atoms with van der Waals surface area (Å²) in [5, 5.41) is 10.9. The summed E-state index contributed by atoms with van der Waals surface area (Å²) in [5.41, 5.74) is 6.82. The molecule has 0 bridgehead atoms. The van der Waals surface area contributed by atoms with Crippen molar-refractivity contribution in [3.63, 3.8) is 0 Å². The molecule has 118 valence electrons. The highest BCUT2D eigenvalue weighted by atomic mass is 32.2. The van der Waals surface area contributed by atoms with E-state index in [0.29, 0.717) is 5.13 Å². The zero-order valence-electron chi connectivity index (χ0n) is 12.7. The molecule has 7 heteroatoms. The monoisotopic (exact) mass is 336 g/mol. The van der Waals surface area contributed by atoms with Crippen molar-refractivity contribution in [1.29, 1.82) is 0 Å². The second kappa shape index (κ2) is 8.14. The highest BCUT2D eigenvalue weighted by Crippen LogP contribution is 2.27. The Morgan fingerprint density at radius 3 is 2.68 bits per heavy atom. The second-order valence-electron chi connectivity index (χ2n) is 5.10. The van der Waals surface area contributed by atoms with Crippen molar-refractivity contribution in [3.8, 4) is 0 Å². The summed E-state index contributed by atoms with van der Waals surface area (Å²) in [6.07, 6.45) is 1.87. The first-order chi connectivity index (χ1) is 10.5. The van der Waals surface area contributed by atoms with Crippen LogP contribution in [0.1, 0.15) is 25.8 Å². The molecule has 1 aromatic heterocycles. The van der Waals surface area contributed by atoms with E-state index in [1.807, 2.05) is 32.0 Å². The van der Waals surface area contributed by atoms with Crippen molar-refractivity contribution in [2.24, 2.45) is 0 Å². The Kier molecular flexibility index (Phi) is 6.21. The molecular formula is C15H20N4OS2. The van der Waals surface area contributed by atoms with Crippen molar-refractivity contribution in [3.05, 3.63) is 35.9 Å². The molecule has 0 spiro atoms. The number of nitrogen functional groups attached to an aromatic ring is 1. The summed E-state index contributed by atoms with van der Waals surface area (Å²) in [7, 11) is 0. The average molecular weight is 336 g/mol. The Hall–Kier alpha value is -1.60. The van der Waals surface area contributed by atoms with Gasteiger partial charge in [-0.3, -0.25) is 4.79 Å². The van der Waals surface area contributed by atoms with Gasteiger partial charge in [0.1, 0.15) is 0 Å². The third-order valence-electron chi connectivity index (χ3n) is 3.17. The topological polar surface area (TPSA) is 80.9 Å². The van der Waals surface area contributed by atoms with Gasteiger partial charge in [-0.25, -0.2) is 0 Å². The molecular weight excluding hydrogens is 316 g/mol. The Bertz CT molecular complexity index is 603. The standard InChI is InChI=1S/C15H20N4OS2/c1-10(8-9-12-6-4-3-5-7-12)17-13(20)11(2)21-15-19-18-14(16)22-15/h3-7,10-11H,8-9H2,1-2H3,(H2,16,18)(H,17,20)/t10-,11-/m0/s1. The molecule has 0 radical (unpaired) electrons. The third-order valence-corrected chi connectivity index (χ3v) is 5.10. The van der Waals surface area contributed by atoms with E-state index in [-0.39, 0.29) is 17.2 Å². The largest absolute Gasteiger partial charge is 0.374 e. The van der Waals surface area contributed by atoms with Gasteiger partial charge in [-0.2, -0.15) is 0 Å². The molecule has 2 aromatic rings. The van der Waals surface area contributed by atoms with Crippen molar-refractivity contribution in [2.75, 3.05) is 5.73 Å². The Morgan fingerprint density at radius 2 is 2.05 bits per heavy atom. The number of hydrogen-bond acceptors (Lipinski definition) is 6. The predicted molar refractivity (Wildman–Crippen MR) is 92.0 cm³/mol. The number of nitrogens with two attached hydrogens (primary N) is 1. The molecule has 1 amide bonds. The number of aryl methyl sites for hydroxylation is 1. The van der Waals surface area contributed by atoms with Gasteiger partial charge < -0.3 is 11.1 Å². The van der Waals surface area contributed by atoms with Crippen LogP contribution in [0.5, 0.6) is 0 Å². The highest BCUT2D eigenvalue weighted by molar-refractivity contribution is 8.02. The zero-order valence-corrected chi connectivity index (χ0v) is 14.3. The number of hydrogen-bond donors (Lipinski definition) is 2. The SMILES string of the molecule is C[C@H](Sc1nnc(N)s1)C(=O)N[C@@H](C)CCc1ccccc1. The Labute approximate surface area is 138 Å². The van der Waals surface area contributed by atoms with Crippen molar-refractivity contribution in [1.82, 2.24) is 15.5 Å². The maximum atomic E-state index is 12.2. The van der Waals surface area contributed by atoms with Crippen LogP contribution in [0.15, 0.2) is 34.7 Å². The van der Waals surface area contributed by atoms with E-state index >= 15 is 0 Å². The smallest absolute Gasteiger partial charge is 0.233 e. The lowest BCUT2D eigenvalue weighted by Gasteiger charge is -2.16. The summed E-state index contributed by atoms with van der Waals surface area (Å²) < 4.78 is 0.720. The number of nitrogens with zero attached hydrogens (tertiary/aromatic N) is 2. The first kappa shape index (κ1) is 16.8. The third kappa shape index (κ3) is 5.31. The fourth-order valence-corrected chi connectivity index (χ4v) is 3.72. The van der Waals surface area contributed by atoms with E-state index < -0.39 is 0 Å². The summed E-state index contributed by atoms with van der Waals surface area (Å²) >= 11 is 2.68. The van der Waals surface area contributed by atoms with E-state index in [1.165, 1.54) is 28.7 Å². The minimum absolute atomic E-state index is 0.0133. The van der Waals surface area contributed by atoms with Gasteiger partial charge in [-0.1, -0.05) is 53.4 Å². The van der Waals surface area contributed by atoms with Gasteiger partial charge >= 0.3 is 0 Å². The molecule has 0 saturated heterocycles. The van der Waals surface area contributed by atoms with Gasteiger partial charge in [0.25, 0.3) is 0 Å². The number of carbonyl (C=O) groups excluding carboxylic acids is 1. The van der Waals surface area contributed by atoms with Gasteiger partial charge in [0.15, 0.2) is 4.34 Å². The van der Waals surface area contributed by atoms with Crippen molar-refractivity contribution < 1.29 is 4.79 Å². The average Bonchev–Trinajstić information content (AvgIpc) is 2.91. The lowest BCUT2D eigenvalue weighted by atomic mass is 10.1. The molecule has 22 heavy (non-hydrogen) atoms. The van der Waals surface area contributed by atoms with Gasteiger partial charge in [0, 0.05) is 6.04 Å². The Morgan fingerprint density at radius 1 is 1.32 bits per heavy atom. The first-order valence-corrected chi connectivity index (χ1v) is 8.84. The van der Waals surface area contributed by atoms with Crippen LogP contribution in [-0.4, -0.2) is 27.4 Å². The van der Waals surface area contributed by atoms with Crippen LogP contribution in [0, 0.1) is 0 Å². The molecule has 2 atom stereocenters. The molecule has 0 aliphatic rings. The van der Waals surface area contributed by atoms with Crippen LogP contribution >= 0.6 is 23.1 Å². The number of benzene rings is 1. The molecule has 1 aromatic carbocycles. The number of aromatic nitrogens is 2. The van der Waals surface area contributed by atoms with E-state index in [9.17, 15) is 4.79 Å². The van der Waals surface area contributed by atoms with Crippen molar-refractivity contribution in [2.45, 2.75) is 42.3 Å². The van der Waals surface area contributed by atoms with E-state index in [0.717, 1.165) is 17.2 Å². The quantitative estimate of drug-likeness (QED) is 0.760. The minimum Gasteiger partial charge on any atom is -0.374 e. The molecule has 3 N–H and O–H groups in total. The van der Waals surface area contributed by atoms with Gasteiger partial charge in [0.05, 0.1) is 5.25 Å². The van der Waals surface area contributed by atoms with Gasteiger partial charge in [0.2, 0.25) is 11.0 Å². The molecule has 0 aliphatic carbocycles. The van der Waals surface area contributed by atoms with Gasteiger partial charge in [-0.15, -0.1) is 10.2 Å². The lowest BCUT2D eigenvalue weighted by molar-refractivity contribution is -0.120. The van der Waals surface area contributed by atoms with Crippen molar-refractivity contribution >= 4 is 34.1 Å². The maximum absolute atomic E-state index is 12.2. The molecule has 0 aliphatic heterocycles. The normalized spacial score (nSPS) is 13.5. The summed E-state index contributed by atoms with van der Waals surface area (Å²) in [6.45, 7) is 3.89. The number of amides is 1. The zero-order chi connectivity index (χ0) is 15.9. The molecule has 0 saturated carbocycles. The summed E-state index contributed by atoms with van der Waals surface area (Å²) in [6, 6.07) is 10.4. The molecule has 5 nitrogen and oxygen atoms in total. The van der Waals surface area contributed by atoms with Crippen LogP contribution in [0.25, 0.3) is 0 Å². The van der Waals surface area contributed by atoms with Crippen LogP contribution < -0.4 is 11.1 Å². The van der Waals surface area contributed by atoms with E-state index in [2.05, 4.69) is 27.6 Å². The molecule has 0 unspecified atom stereocenters. The van der Waals surface area contributed by atoms with Gasteiger partial charge in [-0.05, 0) is 32.3 Å². The molecule has 1 heterocycles. The van der Waals surface area contributed by atoms with E-state index in [4.69, 9.17) is 5.73 Å². The number of nitrogens with one attached hydrogen (secondary N) is 1. The Balaban J connectivity index is 1.75. The maximum Gasteiger partial charge on any atom is 0.233 e.